The second kappa shape index (κ2) is 8.10. The number of anilines is 3. The van der Waals surface area contributed by atoms with Gasteiger partial charge in [0.1, 0.15) is 11.5 Å². The van der Waals surface area contributed by atoms with E-state index in [0.717, 1.165) is 10.4 Å². The van der Waals surface area contributed by atoms with Crippen molar-refractivity contribution in [3.05, 3.63) is 90.4 Å². The SMILES string of the molecule is O=S(=O)(c1ccccc1)N1Cc2ccc(C(F)(F)F)nc2Nc2cccc(-c3ncccn3)c21. The molecule has 0 radical (unpaired) electrons. The van der Waals surface area contributed by atoms with Crippen LogP contribution in [0.1, 0.15) is 11.3 Å². The third kappa shape index (κ3) is 3.83. The van der Waals surface area contributed by atoms with Gasteiger partial charge in [-0.25, -0.2) is 23.4 Å². The summed E-state index contributed by atoms with van der Waals surface area (Å²) in [6.07, 6.45) is -1.61. The Labute approximate surface area is 193 Å². The molecule has 0 bridgehead atoms. The first-order valence-corrected chi connectivity index (χ1v) is 11.5. The first-order chi connectivity index (χ1) is 16.2. The number of rotatable bonds is 3. The monoisotopic (exact) mass is 483 g/mol. The fourth-order valence-corrected chi connectivity index (χ4v) is 5.20. The maximum Gasteiger partial charge on any atom is 0.433 e. The molecule has 0 saturated carbocycles. The molecule has 3 heterocycles. The minimum Gasteiger partial charge on any atom is -0.338 e. The van der Waals surface area contributed by atoms with Crippen LogP contribution in [-0.4, -0.2) is 23.4 Å². The number of hydrogen-bond acceptors (Lipinski definition) is 6. The summed E-state index contributed by atoms with van der Waals surface area (Å²) in [7, 11) is -4.12. The van der Waals surface area contributed by atoms with Crippen LogP contribution >= 0.6 is 0 Å². The van der Waals surface area contributed by atoms with Crippen molar-refractivity contribution in [2.45, 2.75) is 17.6 Å². The maximum atomic E-state index is 13.8. The Kier molecular flexibility index (Phi) is 5.20. The smallest absolute Gasteiger partial charge is 0.338 e. The van der Waals surface area contributed by atoms with Gasteiger partial charge < -0.3 is 5.32 Å². The maximum absolute atomic E-state index is 13.8. The molecule has 0 aliphatic carbocycles. The lowest BCUT2D eigenvalue weighted by Gasteiger charge is -2.26. The Morgan fingerprint density at radius 1 is 0.882 bits per heavy atom. The highest BCUT2D eigenvalue weighted by molar-refractivity contribution is 7.92. The van der Waals surface area contributed by atoms with Crippen molar-refractivity contribution >= 4 is 27.2 Å². The van der Waals surface area contributed by atoms with E-state index in [0.29, 0.717) is 5.56 Å². The van der Waals surface area contributed by atoms with Crippen molar-refractivity contribution in [2.75, 3.05) is 9.62 Å². The lowest BCUT2D eigenvalue weighted by molar-refractivity contribution is -0.141. The number of benzene rings is 2. The minimum atomic E-state index is -4.65. The van der Waals surface area contributed by atoms with Crippen molar-refractivity contribution < 1.29 is 21.6 Å². The van der Waals surface area contributed by atoms with Gasteiger partial charge >= 0.3 is 6.18 Å². The molecule has 34 heavy (non-hydrogen) atoms. The lowest BCUT2D eigenvalue weighted by atomic mass is 10.1. The second-order valence-electron chi connectivity index (χ2n) is 7.43. The van der Waals surface area contributed by atoms with Crippen LogP contribution in [0.3, 0.4) is 0 Å². The van der Waals surface area contributed by atoms with Crippen molar-refractivity contribution in [1.29, 1.82) is 0 Å². The molecule has 1 aliphatic heterocycles. The van der Waals surface area contributed by atoms with Gasteiger partial charge in [-0.15, -0.1) is 0 Å². The van der Waals surface area contributed by atoms with E-state index in [2.05, 4.69) is 20.3 Å². The number of pyridine rings is 1. The van der Waals surface area contributed by atoms with E-state index in [4.69, 9.17) is 0 Å². The molecule has 0 atom stereocenters. The van der Waals surface area contributed by atoms with Crippen LogP contribution in [0.25, 0.3) is 11.4 Å². The van der Waals surface area contributed by atoms with E-state index < -0.39 is 21.9 Å². The number of aromatic nitrogens is 3. The van der Waals surface area contributed by atoms with Gasteiger partial charge in [0, 0.05) is 23.5 Å². The van der Waals surface area contributed by atoms with Gasteiger partial charge in [0.25, 0.3) is 10.0 Å². The van der Waals surface area contributed by atoms with Crippen LogP contribution < -0.4 is 9.62 Å². The highest BCUT2D eigenvalue weighted by Crippen LogP contribution is 2.44. The molecule has 2 aromatic heterocycles. The zero-order valence-electron chi connectivity index (χ0n) is 17.4. The Balaban J connectivity index is 1.77. The fraction of sp³-hybridized carbons (Fsp3) is 0.0870. The summed E-state index contributed by atoms with van der Waals surface area (Å²) in [6, 6.07) is 16.4. The van der Waals surface area contributed by atoms with Crippen LogP contribution in [-0.2, 0) is 22.7 Å². The normalized spacial score (nSPS) is 13.4. The number of hydrogen-bond donors (Lipinski definition) is 1. The van der Waals surface area contributed by atoms with Crippen molar-refractivity contribution in [1.82, 2.24) is 15.0 Å². The molecule has 5 rings (SSSR count). The number of nitrogens with one attached hydrogen (secondary N) is 1. The molecule has 172 valence electrons. The molecule has 0 saturated heterocycles. The first kappa shape index (κ1) is 21.8. The second-order valence-corrected chi connectivity index (χ2v) is 9.29. The van der Waals surface area contributed by atoms with Gasteiger partial charge in [0.05, 0.1) is 22.8 Å². The number of halogens is 3. The number of para-hydroxylation sites is 1. The average molecular weight is 483 g/mol. The summed E-state index contributed by atoms with van der Waals surface area (Å²) in [4.78, 5) is 12.3. The Hall–Kier alpha value is -3.99. The number of fused-ring (bicyclic) bond motifs is 2. The van der Waals surface area contributed by atoms with Gasteiger partial charge in [0.2, 0.25) is 0 Å². The number of nitrogens with zero attached hydrogens (tertiary/aromatic N) is 4. The van der Waals surface area contributed by atoms with E-state index in [1.54, 1.807) is 42.5 Å². The molecule has 4 aromatic rings. The van der Waals surface area contributed by atoms with E-state index in [1.807, 2.05) is 0 Å². The Bertz CT molecular complexity index is 1460. The quantitative estimate of drug-likeness (QED) is 0.441. The largest absolute Gasteiger partial charge is 0.433 e. The van der Waals surface area contributed by atoms with Gasteiger partial charge in [-0.1, -0.05) is 30.3 Å². The topological polar surface area (TPSA) is 88.1 Å². The standard InChI is InChI=1S/C23H16F3N5O2S/c24-23(25,26)19-11-10-15-14-31(34(32,33)16-6-2-1-3-7-16)20-17(22-27-12-5-13-28-22)8-4-9-18(20)29-21(15)30-19/h1-13H,14H2,(H,29,30). The van der Waals surface area contributed by atoms with E-state index in [1.165, 1.54) is 30.6 Å². The predicted octanol–water partition coefficient (Wildman–Crippen LogP) is 5.01. The lowest BCUT2D eigenvalue weighted by Crippen LogP contribution is -2.30. The summed E-state index contributed by atoms with van der Waals surface area (Å²) in [5.74, 6) is 0.192. The summed E-state index contributed by atoms with van der Waals surface area (Å²) in [5, 5.41) is 2.91. The van der Waals surface area contributed by atoms with Crippen LogP contribution in [0, 0.1) is 0 Å². The molecule has 11 heteroatoms. The van der Waals surface area contributed by atoms with Crippen molar-refractivity contribution in [3.8, 4) is 11.4 Å². The zero-order chi connectivity index (χ0) is 23.9. The highest BCUT2D eigenvalue weighted by Gasteiger charge is 2.36. The molecule has 0 fully saturated rings. The van der Waals surface area contributed by atoms with Gasteiger partial charge in [-0.2, -0.15) is 13.2 Å². The predicted molar refractivity (Wildman–Crippen MR) is 120 cm³/mol. The van der Waals surface area contributed by atoms with Crippen molar-refractivity contribution in [2.24, 2.45) is 0 Å². The fourth-order valence-electron chi connectivity index (χ4n) is 3.70. The van der Waals surface area contributed by atoms with Crippen LogP contribution in [0.2, 0.25) is 0 Å². The Morgan fingerprint density at radius 3 is 2.32 bits per heavy atom. The molecule has 0 unspecified atom stereocenters. The molecule has 7 nitrogen and oxygen atoms in total. The highest BCUT2D eigenvalue weighted by atomic mass is 32.2. The molecular weight excluding hydrogens is 467 g/mol. The zero-order valence-corrected chi connectivity index (χ0v) is 18.2. The summed E-state index contributed by atoms with van der Waals surface area (Å²) in [6.45, 7) is -0.248. The van der Waals surface area contributed by atoms with Gasteiger partial charge in [-0.3, -0.25) is 4.31 Å². The van der Waals surface area contributed by atoms with Crippen molar-refractivity contribution in [3.63, 3.8) is 0 Å². The minimum absolute atomic E-state index is 0.0352. The van der Waals surface area contributed by atoms with Gasteiger partial charge in [-0.05, 0) is 36.4 Å². The third-order valence-electron chi connectivity index (χ3n) is 5.26. The van der Waals surface area contributed by atoms with Gasteiger partial charge in [0.15, 0.2) is 5.82 Å². The molecule has 2 aromatic carbocycles. The Morgan fingerprint density at radius 2 is 1.62 bits per heavy atom. The summed E-state index contributed by atoms with van der Waals surface area (Å²) >= 11 is 0. The number of alkyl halides is 3. The molecule has 1 aliphatic rings. The first-order valence-electron chi connectivity index (χ1n) is 10.1. The van der Waals surface area contributed by atoms with E-state index in [-0.39, 0.29) is 40.0 Å². The van der Waals surface area contributed by atoms with E-state index in [9.17, 15) is 21.6 Å². The number of sulfonamides is 1. The molecule has 0 spiro atoms. The van der Waals surface area contributed by atoms with E-state index >= 15 is 0 Å². The summed E-state index contributed by atoms with van der Waals surface area (Å²) < 4.78 is 68.7. The molecule has 0 amide bonds. The van der Waals surface area contributed by atoms with Crippen LogP contribution in [0.15, 0.2) is 84.0 Å². The van der Waals surface area contributed by atoms with Crippen LogP contribution in [0.4, 0.5) is 30.4 Å². The average Bonchev–Trinajstić information content (AvgIpc) is 3.01. The third-order valence-corrected chi connectivity index (χ3v) is 7.02. The molecule has 1 N–H and O–H groups in total. The van der Waals surface area contributed by atoms with Crippen LogP contribution in [0.5, 0.6) is 0 Å². The molecular formula is C23H16F3N5O2S. The summed E-state index contributed by atoms with van der Waals surface area (Å²) in [5.41, 5.74) is 0.0685.